The van der Waals surface area contributed by atoms with E-state index in [0.29, 0.717) is 0 Å². The minimum atomic E-state index is 0. The molecule has 0 N–H and O–H groups in total. The molecule has 42 valence electrons. The zero-order valence-corrected chi connectivity index (χ0v) is 4.67. The molecule has 0 spiro atoms. The Labute approximate surface area is 51.0 Å². The van der Waals surface area contributed by atoms with Crippen LogP contribution in [0.25, 0.3) is 6.08 Å². The summed E-state index contributed by atoms with van der Waals surface area (Å²) >= 11 is 0. The number of hydrogen-bond acceptors (Lipinski definition) is 0. The topological polar surface area (TPSA) is 0 Å². The first-order valence-corrected chi connectivity index (χ1v) is 2.61. The second-order valence-electron chi connectivity index (χ2n) is 1.61. The highest BCUT2D eigenvalue weighted by Gasteiger charge is 1.75. The van der Waals surface area contributed by atoms with E-state index in [1.807, 2.05) is 36.4 Å². The van der Waals surface area contributed by atoms with Gasteiger partial charge in [-0.05, 0) is 5.56 Å². The van der Waals surface area contributed by atoms with Crippen molar-refractivity contribution in [1.82, 2.24) is 0 Å². The lowest BCUT2D eigenvalue weighted by atomic mass is 10.2. The third-order valence-electron chi connectivity index (χ3n) is 1.04. The first-order valence-electron chi connectivity index (χ1n) is 2.61. The molecule has 1 aromatic rings. The van der Waals surface area contributed by atoms with Crippen LogP contribution in [0.3, 0.4) is 0 Å². The van der Waals surface area contributed by atoms with E-state index in [0.717, 1.165) is 0 Å². The number of hydrogen-bond donors (Lipinski definition) is 0. The van der Waals surface area contributed by atoms with Gasteiger partial charge >= 0.3 is 0 Å². The van der Waals surface area contributed by atoms with Crippen LogP contribution in [0.5, 0.6) is 0 Å². The predicted octanol–water partition coefficient (Wildman–Crippen LogP) is 2.58. The highest BCUT2D eigenvalue weighted by Crippen LogP contribution is 1.97. The smallest absolute Gasteiger partial charge is 0 e. The van der Waals surface area contributed by atoms with Gasteiger partial charge in [0.2, 0.25) is 0 Å². The van der Waals surface area contributed by atoms with Crippen molar-refractivity contribution in [2.24, 2.45) is 0 Å². The van der Waals surface area contributed by atoms with E-state index in [1.54, 1.807) is 0 Å². The molecule has 0 fully saturated rings. The minimum absolute atomic E-state index is 0. The minimum Gasteiger partial charge on any atom is -0.0985 e. The van der Waals surface area contributed by atoms with Crippen LogP contribution in [0.2, 0.25) is 0 Å². The predicted molar refractivity (Wildman–Crippen MR) is 38.6 cm³/mol. The Morgan fingerprint density at radius 2 is 1.88 bits per heavy atom. The van der Waals surface area contributed by atoms with Crippen LogP contribution in [0.4, 0.5) is 0 Å². The summed E-state index contributed by atoms with van der Waals surface area (Å²) in [6.45, 7) is 3.63. The van der Waals surface area contributed by atoms with E-state index < -0.39 is 0 Å². The molecule has 1 rings (SSSR count). The Kier molecular flexibility index (Phi) is 1.48. The molecule has 0 saturated carbocycles. The van der Waals surface area contributed by atoms with Gasteiger partial charge < -0.3 is 0 Å². The van der Waals surface area contributed by atoms with Gasteiger partial charge in [-0.2, -0.15) is 0 Å². The molecule has 0 saturated heterocycles. The van der Waals surface area contributed by atoms with Crippen LogP contribution < -0.4 is 0 Å². The molecule has 0 unspecified atom stereocenters. The zero-order chi connectivity index (χ0) is 5.82. The van der Waals surface area contributed by atoms with Gasteiger partial charge in [-0.1, -0.05) is 43.0 Å². The second-order valence-corrected chi connectivity index (χ2v) is 1.61. The maximum atomic E-state index is 3.63. The molecule has 0 aliphatic heterocycles. The quantitative estimate of drug-likeness (QED) is 0.517. The van der Waals surface area contributed by atoms with Gasteiger partial charge in [0.15, 0.2) is 0 Å². The summed E-state index contributed by atoms with van der Waals surface area (Å²) in [4.78, 5) is 0. The highest BCUT2D eigenvalue weighted by molar-refractivity contribution is 5.45. The highest BCUT2D eigenvalue weighted by atomic mass is 13.8. The lowest BCUT2D eigenvalue weighted by molar-refractivity contribution is 1.67. The lowest BCUT2D eigenvalue weighted by Gasteiger charge is -1.85. The molecule has 0 aliphatic carbocycles. The first-order chi connectivity index (χ1) is 3.93. The summed E-state index contributed by atoms with van der Waals surface area (Å²) in [5, 5.41) is 0. The average Bonchev–Trinajstić information content (AvgIpc) is 1.90. The lowest BCUT2D eigenvalue weighted by Crippen LogP contribution is -1.63. The summed E-state index contributed by atoms with van der Waals surface area (Å²) in [6, 6.07) is 10.0. The Bertz CT molecular complexity index is 167. The standard InChI is InChI=1S/C8H8.H2/c1-2-8-6-4-3-5-7-8;/h2-7H,1H2;1H/i;1+1. The fourth-order valence-electron chi connectivity index (χ4n) is 0.589. The number of benzene rings is 1. The maximum Gasteiger partial charge on any atom is 0 e. The summed E-state index contributed by atoms with van der Waals surface area (Å²) in [5.74, 6) is 0. The van der Waals surface area contributed by atoms with Crippen molar-refractivity contribution in [1.29, 1.82) is 0 Å². The molecule has 0 aliphatic rings. The summed E-state index contributed by atoms with van der Waals surface area (Å²) in [5.41, 5.74) is 1.17. The summed E-state index contributed by atoms with van der Waals surface area (Å²) in [6.07, 6.45) is 1.83. The van der Waals surface area contributed by atoms with E-state index in [-0.39, 0.29) is 1.43 Å². The maximum absolute atomic E-state index is 3.63. The molecule has 8 heavy (non-hydrogen) atoms. The van der Waals surface area contributed by atoms with Crippen LogP contribution in [0.1, 0.15) is 6.99 Å². The van der Waals surface area contributed by atoms with Crippen LogP contribution in [0, 0.1) is 0 Å². The molecule has 1 aromatic carbocycles. The van der Waals surface area contributed by atoms with Gasteiger partial charge in [0.1, 0.15) is 0 Å². The van der Waals surface area contributed by atoms with Gasteiger partial charge in [0.25, 0.3) is 0 Å². The van der Waals surface area contributed by atoms with Crippen molar-refractivity contribution >= 4 is 6.08 Å². The van der Waals surface area contributed by atoms with Crippen molar-refractivity contribution in [3.63, 3.8) is 0 Å². The van der Waals surface area contributed by atoms with Gasteiger partial charge in [0.05, 0.1) is 0 Å². The van der Waals surface area contributed by atoms with Gasteiger partial charge in [-0.25, -0.2) is 0 Å². The van der Waals surface area contributed by atoms with Gasteiger partial charge in [0, 0.05) is 1.43 Å². The fraction of sp³-hybridized carbons (Fsp3) is 0. The molecule has 0 heterocycles. The van der Waals surface area contributed by atoms with Crippen molar-refractivity contribution in [3.8, 4) is 0 Å². The first kappa shape index (κ1) is 5.10. The molecule has 0 nitrogen and oxygen atoms in total. The van der Waals surface area contributed by atoms with Crippen LogP contribution in [-0.4, -0.2) is 0 Å². The van der Waals surface area contributed by atoms with Crippen molar-refractivity contribution in [2.45, 2.75) is 0 Å². The van der Waals surface area contributed by atoms with E-state index in [1.165, 1.54) is 5.56 Å². The monoisotopic (exact) mass is 107 g/mol. The molecule has 0 amide bonds. The molecule has 0 radical (unpaired) electrons. The van der Waals surface area contributed by atoms with Gasteiger partial charge in [-0.15, -0.1) is 0 Å². The van der Waals surface area contributed by atoms with E-state index in [2.05, 4.69) is 6.58 Å². The van der Waals surface area contributed by atoms with Gasteiger partial charge in [-0.3, -0.25) is 0 Å². The fourth-order valence-corrected chi connectivity index (χ4v) is 0.589. The normalized spacial score (nSPS) is 8.50. The van der Waals surface area contributed by atoms with Crippen molar-refractivity contribution < 1.29 is 1.43 Å². The van der Waals surface area contributed by atoms with Crippen LogP contribution >= 0.6 is 0 Å². The Hall–Kier alpha value is -1.04. The molecular formula is C8H10. The van der Waals surface area contributed by atoms with Crippen molar-refractivity contribution in [2.75, 3.05) is 0 Å². The van der Waals surface area contributed by atoms with E-state index in [9.17, 15) is 0 Å². The molecule has 0 heteroatoms. The molecule has 0 bridgehead atoms. The SMILES string of the molecule is C=Cc1ccccc1.[2HH]. The van der Waals surface area contributed by atoms with E-state index >= 15 is 0 Å². The van der Waals surface area contributed by atoms with Crippen LogP contribution in [-0.2, 0) is 0 Å². The Morgan fingerprint density at radius 3 is 2.25 bits per heavy atom. The third-order valence-corrected chi connectivity index (χ3v) is 1.04. The molecule has 0 aromatic heterocycles. The Balaban J connectivity index is 0.000000640. The van der Waals surface area contributed by atoms with E-state index in [4.69, 9.17) is 0 Å². The average molecular weight is 107 g/mol. The summed E-state index contributed by atoms with van der Waals surface area (Å²) in [7, 11) is 0. The van der Waals surface area contributed by atoms with Crippen molar-refractivity contribution in [3.05, 3.63) is 42.5 Å². The molecular weight excluding hydrogens is 96.1 g/mol. The van der Waals surface area contributed by atoms with Crippen LogP contribution in [0.15, 0.2) is 36.9 Å². The Morgan fingerprint density at radius 1 is 1.25 bits per heavy atom. The third kappa shape index (κ3) is 0.969. The zero-order valence-electron chi connectivity index (χ0n) is 4.67. The molecule has 0 atom stereocenters. The largest absolute Gasteiger partial charge is 0.0985 e. The number of rotatable bonds is 1. The summed E-state index contributed by atoms with van der Waals surface area (Å²) < 4.78 is 0. The second kappa shape index (κ2) is 2.31.